The van der Waals surface area contributed by atoms with Crippen molar-refractivity contribution in [3.63, 3.8) is 0 Å². The van der Waals surface area contributed by atoms with Gasteiger partial charge < -0.3 is 10.1 Å². The van der Waals surface area contributed by atoms with Crippen molar-refractivity contribution in [1.29, 1.82) is 0 Å². The lowest BCUT2D eigenvalue weighted by Crippen LogP contribution is -2.43. The van der Waals surface area contributed by atoms with Crippen molar-refractivity contribution in [3.8, 4) is 0 Å². The number of hydrogen-bond acceptors (Lipinski definition) is 5. The molecule has 0 aliphatic carbocycles. The smallest absolute Gasteiger partial charge is 0.407 e. The Morgan fingerprint density at radius 2 is 2.36 bits per heavy atom. The van der Waals surface area contributed by atoms with Crippen LogP contribution in [0.2, 0.25) is 0 Å². The van der Waals surface area contributed by atoms with Crippen LogP contribution in [-0.2, 0) is 4.74 Å². The maximum absolute atomic E-state index is 11.7. The highest BCUT2D eigenvalue weighted by Crippen LogP contribution is 2.27. The lowest BCUT2D eigenvalue weighted by Gasteiger charge is -2.36. The van der Waals surface area contributed by atoms with E-state index in [1.54, 1.807) is 11.3 Å². The highest BCUT2D eigenvalue weighted by Gasteiger charge is 2.26. The summed E-state index contributed by atoms with van der Waals surface area (Å²) in [5.74, 6) is 0.476. The zero-order chi connectivity index (χ0) is 16.2. The number of alkyl carbamates (subject to hydrolysis) is 1. The second-order valence-corrected chi connectivity index (χ2v) is 7.86. The van der Waals surface area contributed by atoms with E-state index in [0.29, 0.717) is 18.5 Å². The van der Waals surface area contributed by atoms with Crippen LogP contribution in [0, 0.1) is 5.92 Å². The van der Waals surface area contributed by atoms with E-state index in [4.69, 9.17) is 4.74 Å². The van der Waals surface area contributed by atoms with Crippen molar-refractivity contribution >= 4 is 17.4 Å². The van der Waals surface area contributed by atoms with Crippen molar-refractivity contribution in [2.24, 2.45) is 5.92 Å². The number of nitrogens with zero attached hydrogens (tertiary/aromatic N) is 2. The summed E-state index contributed by atoms with van der Waals surface area (Å²) in [6, 6.07) is 0.351. The molecule has 6 heteroatoms. The van der Waals surface area contributed by atoms with Gasteiger partial charge in [0.2, 0.25) is 0 Å². The van der Waals surface area contributed by atoms with Crippen molar-refractivity contribution in [2.45, 2.75) is 52.2 Å². The Morgan fingerprint density at radius 1 is 1.59 bits per heavy atom. The molecule has 1 amide bonds. The number of likely N-dealkylation sites (tertiary alicyclic amines) is 1. The molecule has 1 fully saturated rings. The van der Waals surface area contributed by atoms with Gasteiger partial charge in [-0.15, -0.1) is 11.3 Å². The Kier molecular flexibility index (Phi) is 5.81. The molecular weight excluding hydrogens is 298 g/mol. The molecule has 0 spiro atoms. The Balaban J connectivity index is 1.80. The van der Waals surface area contributed by atoms with E-state index < -0.39 is 5.60 Å². The highest BCUT2D eigenvalue weighted by atomic mass is 32.1. The number of aromatic nitrogens is 1. The largest absolute Gasteiger partial charge is 0.444 e. The fourth-order valence-corrected chi connectivity index (χ4v) is 3.48. The number of nitrogens with one attached hydrogen (secondary N) is 1. The third-order valence-corrected chi connectivity index (χ3v) is 4.79. The quantitative estimate of drug-likeness (QED) is 0.921. The van der Waals surface area contributed by atoms with Crippen LogP contribution in [-0.4, -0.2) is 41.2 Å². The predicted molar refractivity (Wildman–Crippen MR) is 89.1 cm³/mol. The van der Waals surface area contributed by atoms with Crippen LogP contribution in [0.25, 0.3) is 0 Å². The van der Waals surface area contributed by atoms with Gasteiger partial charge >= 0.3 is 6.09 Å². The standard InChI is InChI=1S/C16H27N3O2S/c1-12(14-17-7-9-22-14)19-8-5-6-13(11-19)10-18-15(20)21-16(2,3)4/h7,9,12-13H,5-6,8,10-11H2,1-4H3,(H,18,20)/t12-,13-/m1/s1. The summed E-state index contributed by atoms with van der Waals surface area (Å²) in [5, 5.41) is 6.09. The Labute approximate surface area is 137 Å². The van der Waals surface area contributed by atoms with Crippen molar-refractivity contribution in [3.05, 3.63) is 16.6 Å². The summed E-state index contributed by atoms with van der Waals surface area (Å²) in [6.07, 6.45) is 3.85. The van der Waals surface area contributed by atoms with Gasteiger partial charge in [-0.2, -0.15) is 0 Å². The van der Waals surface area contributed by atoms with E-state index in [2.05, 4.69) is 22.1 Å². The summed E-state index contributed by atoms with van der Waals surface area (Å²) >= 11 is 1.71. The number of thiazole rings is 1. The molecule has 1 aliphatic rings. The number of ether oxygens (including phenoxy) is 1. The summed E-state index contributed by atoms with van der Waals surface area (Å²) in [4.78, 5) is 18.6. The van der Waals surface area contributed by atoms with E-state index in [1.807, 2.05) is 32.3 Å². The van der Waals surface area contributed by atoms with Gasteiger partial charge in [0, 0.05) is 24.7 Å². The van der Waals surface area contributed by atoms with E-state index in [1.165, 1.54) is 5.01 Å². The van der Waals surface area contributed by atoms with E-state index in [-0.39, 0.29) is 6.09 Å². The molecule has 1 aliphatic heterocycles. The number of amides is 1. The minimum absolute atomic E-state index is 0.322. The maximum Gasteiger partial charge on any atom is 0.407 e. The van der Waals surface area contributed by atoms with Crippen LogP contribution >= 0.6 is 11.3 Å². The average molecular weight is 325 g/mol. The molecule has 2 heterocycles. The minimum atomic E-state index is -0.442. The fourth-order valence-electron chi connectivity index (χ4n) is 2.75. The first-order chi connectivity index (χ1) is 10.3. The molecular formula is C16H27N3O2S. The first-order valence-corrected chi connectivity index (χ1v) is 8.83. The van der Waals surface area contributed by atoms with Gasteiger partial charge in [-0.25, -0.2) is 9.78 Å². The number of hydrogen-bond donors (Lipinski definition) is 1. The number of carbonyl (C=O) groups excluding carboxylic acids is 1. The van der Waals surface area contributed by atoms with Gasteiger partial charge in [-0.1, -0.05) is 0 Å². The minimum Gasteiger partial charge on any atom is -0.444 e. The number of rotatable bonds is 4. The van der Waals surface area contributed by atoms with Gasteiger partial charge in [0.1, 0.15) is 10.6 Å². The lowest BCUT2D eigenvalue weighted by molar-refractivity contribution is 0.0501. The molecule has 0 saturated carbocycles. The number of carbonyl (C=O) groups is 1. The third kappa shape index (κ3) is 5.25. The number of piperidine rings is 1. The van der Waals surface area contributed by atoms with Gasteiger partial charge in [-0.3, -0.25) is 4.90 Å². The lowest BCUT2D eigenvalue weighted by atomic mass is 9.97. The molecule has 1 saturated heterocycles. The topological polar surface area (TPSA) is 54.5 Å². The Morgan fingerprint density at radius 3 is 3.00 bits per heavy atom. The van der Waals surface area contributed by atoms with Crippen molar-refractivity contribution in [2.75, 3.05) is 19.6 Å². The average Bonchev–Trinajstić information content (AvgIpc) is 2.97. The molecule has 0 unspecified atom stereocenters. The van der Waals surface area contributed by atoms with Crippen molar-refractivity contribution in [1.82, 2.24) is 15.2 Å². The van der Waals surface area contributed by atoms with Crippen LogP contribution in [0.4, 0.5) is 4.79 Å². The fraction of sp³-hybridized carbons (Fsp3) is 0.750. The van der Waals surface area contributed by atoms with Crippen LogP contribution in [0.15, 0.2) is 11.6 Å². The molecule has 1 aromatic heterocycles. The molecule has 5 nitrogen and oxygen atoms in total. The van der Waals surface area contributed by atoms with Crippen LogP contribution in [0.1, 0.15) is 51.6 Å². The molecule has 1 aromatic rings. The van der Waals surface area contributed by atoms with Crippen LogP contribution < -0.4 is 5.32 Å². The maximum atomic E-state index is 11.7. The molecule has 2 rings (SSSR count). The molecule has 1 N–H and O–H groups in total. The Hall–Kier alpha value is -1.14. The summed E-state index contributed by atoms with van der Waals surface area (Å²) < 4.78 is 5.29. The van der Waals surface area contributed by atoms with Crippen molar-refractivity contribution < 1.29 is 9.53 Å². The van der Waals surface area contributed by atoms with E-state index >= 15 is 0 Å². The van der Waals surface area contributed by atoms with Gasteiger partial charge in [0.05, 0.1) is 6.04 Å². The van der Waals surface area contributed by atoms with Gasteiger partial charge in [-0.05, 0) is 53.0 Å². The predicted octanol–water partition coefficient (Wildman–Crippen LogP) is 3.44. The van der Waals surface area contributed by atoms with E-state index in [0.717, 1.165) is 25.9 Å². The summed E-state index contributed by atoms with van der Waals surface area (Å²) in [7, 11) is 0. The van der Waals surface area contributed by atoms with Crippen LogP contribution in [0.5, 0.6) is 0 Å². The molecule has 2 atom stereocenters. The van der Waals surface area contributed by atoms with Gasteiger partial charge in [0.15, 0.2) is 0 Å². The summed E-state index contributed by atoms with van der Waals surface area (Å²) in [6.45, 7) is 10.6. The van der Waals surface area contributed by atoms with Gasteiger partial charge in [0.25, 0.3) is 0 Å². The second kappa shape index (κ2) is 7.42. The highest BCUT2D eigenvalue weighted by molar-refractivity contribution is 7.09. The zero-order valence-electron chi connectivity index (χ0n) is 14.0. The molecule has 0 bridgehead atoms. The molecule has 124 valence electrons. The zero-order valence-corrected chi connectivity index (χ0v) is 14.8. The normalized spacial score (nSPS) is 21.4. The van der Waals surface area contributed by atoms with Crippen LogP contribution in [0.3, 0.4) is 0 Å². The Bertz CT molecular complexity index is 470. The monoisotopic (exact) mass is 325 g/mol. The molecule has 22 heavy (non-hydrogen) atoms. The SMILES string of the molecule is C[C@H](c1nccs1)N1CCC[C@H](CNC(=O)OC(C)(C)C)C1. The molecule has 0 radical (unpaired) electrons. The first kappa shape index (κ1) is 17.2. The molecule has 0 aromatic carbocycles. The third-order valence-electron chi connectivity index (χ3n) is 3.84. The summed E-state index contributed by atoms with van der Waals surface area (Å²) in [5.41, 5.74) is -0.442. The van der Waals surface area contributed by atoms with E-state index in [9.17, 15) is 4.79 Å². The first-order valence-electron chi connectivity index (χ1n) is 7.95. The second-order valence-electron chi connectivity index (χ2n) is 6.93.